The number of benzene rings is 2. The number of hydrogen-bond acceptors (Lipinski definition) is 3. The Morgan fingerprint density at radius 1 is 1.00 bits per heavy atom. The summed E-state index contributed by atoms with van der Waals surface area (Å²) in [5.41, 5.74) is -0.428. The highest BCUT2D eigenvalue weighted by Crippen LogP contribution is 2.23. The molecule has 5 nitrogen and oxygen atoms in total. The summed E-state index contributed by atoms with van der Waals surface area (Å²) in [5, 5.41) is 2.27. The zero-order chi connectivity index (χ0) is 19.5. The third kappa shape index (κ3) is 4.94. The van der Waals surface area contributed by atoms with Crippen LogP contribution < -0.4 is 9.62 Å². The minimum Gasteiger partial charge on any atom is -0.326 e. The van der Waals surface area contributed by atoms with Gasteiger partial charge in [0.25, 0.3) is 0 Å². The van der Waals surface area contributed by atoms with E-state index in [1.54, 1.807) is 0 Å². The van der Waals surface area contributed by atoms with E-state index in [-0.39, 0.29) is 5.69 Å². The fourth-order valence-corrected chi connectivity index (χ4v) is 3.08. The van der Waals surface area contributed by atoms with Crippen LogP contribution in [0.4, 0.5) is 28.9 Å². The van der Waals surface area contributed by atoms with Gasteiger partial charge in [0.1, 0.15) is 11.6 Å². The van der Waals surface area contributed by atoms with E-state index in [2.05, 4.69) is 5.32 Å². The van der Waals surface area contributed by atoms with Gasteiger partial charge >= 0.3 is 0 Å². The van der Waals surface area contributed by atoms with Gasteiger partial charge < -0.3 is 5.32 Å². The van der Waals surface area contributed by atoms with Crippen molar-refractivity contribution in [1.82, 2.24) is 0 Å². The fraction of sp³-hybridized carbons (Fsp3) is 0.188. The van der Waals surface area contributed by atoms with Crippen LogP contribution in [0.5, 0.6) is 0 Å². The van der Waals surface area contributed by atoms with E-state index in [4.69, 9.17) is 0 Å². The zero-order valence-electron chi connectivity index (χ0n) is 13.5. The fourth-order valence-electron chi connectivity index (χ4n) is 2.15. The van der Waals surface area contributed by atoms with Gasteiger partial charge in [0.2, 0.25) is 15.9 Å². The van der Waals surface area contributed by atoms with E-state index in [9.17, 15) is 30.8 Å². The van der Waals surface area contributed by atoms with E-state index in [1.807, 2.05) is 0 Å². The number of anilines is 2. The molecule has 140 valence electrons. The van der Waals surface area contributed by atoms with E-state index in [0.717, 1.165) is 36.6 Å². The molecule has 0 fully saturated rings. The Bertz CT molecular complexity index is 935. The number of amides is 1. The lowest BCUT2D eigenvalue weighted by Crippen LogP contribution is -2.33. The van der Waals surface area contributed by atoms with Gasteiger partial charge in [-0.1, -0.05) is 0 Å². The van der Waals surface area contributed by atoms with E-state index >= 15 is 0 Å². The van der Waals surface area contributed by atoms with E-state index in [1.165, 1.54) is 0 Å². The Balaban J connectivity index is 2.12. The molecule has 0 heterocycles. The number of hydrogen-bond donors (Lipinski definition) is 1. The molecule has 0 atom stereocenters. The largest absolute Gasteiger partial charge is 0.326 e. The maximum atomic E-state index is 13.9. The van der Waals surface area contributed by atoms with Gasteiger partial charge in [-0.2, -0.15) is 0 Å². The van der Waals surface area contributed by atoms with Crippen LogP contribution in [0.3, 0.4) is 0 Å². The molecule has 0 saturated heterocycles. The van der Waals surface area contributed by atoms with Crippen LogP contribution in [0, 0.1) is 23.3 Å². The van der Waals surface area contributed by atoms with Gasteiger partial charge in [-0.15, -0.1) is 0 Å². The highest BCUT2D eigenvalue weighted by atomic mass is 32.2. The summed E-state index contributed by atoms with van der Waals surface area (Å²) < 4.78 is 77.2. The Labute approximate surface area is 147 Å². The average Bonchev–Trinajstić information content (AvgIpc) is 2.51. The predicted octanol–water partition coefficient (Wildman–Crippen LogP) is 3.04. The second-order valence-electron chi connectivity index (χ2n) is 5.36. The summed E-state index contributed by atoms with van der Waals surface area (Å²) in [6, 6.07) is 5.07. The average molecular weight is 390 g/mol. The van der Waals surface area contributed by atoms with Crippen LogP contribution in [0.15, 0.2) is 36.4 Å². The summed E-state index contributed by atoms with van der Waals surface area (Å²) in [6.45, 7) is -0.434. The molecule has 0 aliphatic heterocycles. The van der Waals surface area contributed by atoms with Crippen LogP contribution >= 0.6 is 0 Å². The SMILES string of the molecule is CS(=O)(=O)N(CCC(=O)Nc1ccc(F)c(F)c1)c1ccc(F)cc1F. The molecule has 0 aromatic heterocycles. The van der Waals surface area contributed by atoms with Crippen molar-refractivity contribution in [1.29, 1.82) is 0 Å². The van der Waals surface area contributed by atoms with Gasteiger partial charge in [-0.05, 0) is 24.3 Å². The third-order valence-corrected chi connectivity index (χ3v) is 4.50. The van der Waals surface area contributed by atoms with Crippen LogP contribution in [0.2, 0.25) is 0 Å². The molecule has 0 aliphatic carbocycles. The third-order valence-electron chi connectivity index (χ3n) is 3.32. The molecule has 0 unspecified atom stereocenters. The molecular weight excluding hydrogens is 376 g/mol. The molecule has 0 bridgehead atoms. The molecule has 1 N–H and O–H groups in total. The Kier molecular flexibility index (Phi) is 5.86. The lowest BCUT2D eigenvalue weighted by Gasteiger charge is -2.22. The van der Waals surface area contributed by atoms with Crippen molar-refractivity contribution in [2.75, 3.05) is 22.4 Å². The quantitative estimate of drug-likeness (QED) is 0.771. The van der Waals surface area contributed by atoms with Crippen molar-refractivity contribution in [2.24, 2.45) is 0 Å². The van der Waals surface area contributed by atoms with Crippen molar-refractivity contribution < 1.29 is 30.8 Å². The molecule has 10 heteroatoms. The first-order valence-corrected chi connectivity index (χ1v) is 9.10. The monoisotopic (exact) mass is 390 g/mol. The summed E-state index contributed by atoms with van der Waals surface area (Å²) in [7, 11) is -3.95. The first-order valence-electron chi connectivity index (χ1n) is 7.25. The van der Waals surface area contributed by atoms with Gasteiger partial charge in [0, 0.05) is 30.8 Å². The normalized spacial score (nSPS) is 11.3. The number of carbonyl (C=O) groups is 1. The zero-order valence-corrected chi connectivity index (χ0v) is 14.3. The minimum atomic E-state index is -3.95. The number of nitrogens with zero attached hydrogens (tertiary/aromatic N) is 1. The predicted molar refractivity (Wildman–Crippen MR) is 88.2 cm³/mol. The number of carbonyl (C=O) groups excluding carboxylic acids is 1. The summed E-state index contributed by atoms with van der Waals surface area (Å²) in [4.78, 5) is 11.9. The molecule has 0 radical (unpaired) electrons. The smallest absolute Gasteiger partial charge is 0.232 e. The molecule has 0 aliphatic rings. The first-order chi connectivity index (χ1) is 12.1. The Morgan fingerprint density at radius 3 is 2.27 bits per heavy atom. The molecular formula is C16H14F4N2O3S. The summed E-state index contributed by atoms with van der Waals surface area (Å²) in [6.07, 6.45) is 0.409. The van der Waals surface area contributed by atoms with Gasteiger partial charge in [-0.25, -0.2) is 26.0 Å². The maximum Gasteiger partial charge on any atom is 0.232 e. The van der Waals surface area contributed by atoms with Crippen LogP contribution in [-0.4, -0.2) is 27.1 Å². The number of nitrogens with one attached hydrogen (secondary N) is 1. The molecule has 2 rings (SSSR count). The van der Waals surface area contributed by atoms with Crippen molar-refractivity contribution in [3.8, 4) is 0 Å². The molecule has 0 saturated carbocycles. The van der Waals surface area contributed by atoms with Crippen molar-refractivity contribution in [3.63, 3.8) is 0 Å². The lowest BCUT2D eigenvalue weighted by molar-refractivity contribution is -0.116. The Hall–Kier alpha value is -2.62. The van der Waals surface area contributed by atoms with Gasteiger partial charge in [0.15, 0.2) is 11.6 Å². The van der Waals surface area contributed by atoms with E-state index < -0.39 is 57.9 Å². The Morgan fingerprint density at radius 2 is 1.69 bits per heavy atom. The molecule has 0 spiro atoms. The minimum absolute atomic E-state index is 0.0206. The molecule has 2 aromatic carbocycles. The van der Waals surface area contributed by atoms with Crippen LogP contribution in [-0.2, 0) is 14.8 Å². The van der Waals surface area contributed by atoms with Gasteiger partial charge in [-0.3, -0.25) is 9.10 Å². The topological polar surface area (TPSA) is 66.5 Å². The van der Waals surface area contributed by atoms with Crippen molar-refractivity contribution >= 4 is 27.3 Å². The maximum absolute atomic E-state index is 13.9. The first kappa shape index (κ1) is 19.7. The van der Waals surface area contributed by atoms with Crippen LogP contribution in [0.1, 0.15) is 6.42 Å². The second-order valence-corrected chi connectivity index (χ2v) is 7.26. The van der Waals surface area contributed by atoms with E-state index in [0.29, 0.717) is 10.4 Å². The second kappa shape index (κ2) is 7.73. The van der Waals surface area contributed by atoms with Crippen LogP contribution in [0.25, 0.3) is 0 Å². The standard InChI is InChI=1S/C16H14F4N2O3S/c1-26(24,25)22(15-5-2-10(17)8-14(15)20)7-6-16(23)21-11-3-4-12(18)13(19)9-11/h2-5,8-9H,6-7H2,1H3,(H,21,23). The summed E-state index contributed by atoms with van der Waals surface area (Å²) >= 11 is 0. The lowest BCUT2D eigenvalue weighted by atomic mass is 10.2. The number of halogens is 4. The number of rotatable bonds is 6. The summed E-state index contributed by atoms with van der Waals surface area (Å²) in [5.74, 6) is -4.92. The number of sulfonamides is 1. The highest BCUT2D eigenvalue weighted by molar-refractivity contribution is 7.92. The molecule has 26 heavy (non-hydrogen) atoms. The van der Waals surface area contributed by atoms with Gasteiger partial charge in [0.05, 0.1) is 11.9 Å². The molecule has 1 amide bonds. The molecule has 2 aromatic rings. The highest BCUT2D eigenvalue weighted by Gasteiger charge is 2.22. The van der Waals surface area contributed by atoms with Crippen molar-refractivity contribution in [3.05, 3.63) is 59.7 Å². The van der Waals surface area contributed by atoms with Crippen molar-refractivity contribution in [2.45, 2.75) is 6.42 Å².